The predicted molar refractivity (Wildman–Crippen MR) is 93.2 cm³/mol. The standard InChI is InChI=1S/C19H22FNO4/c1-19(2,3)25-18(23)21-9-10-24-17-8-7-14(12-16(17)22)13-5-4-6-15(20)11-13/h4-8,11-12,22H,9-10H2,1-3H3,(H,21,23). The van der Waals surface area contributed by atoms with Crippen LogP contribution in [0.3, 0.4) is 0 Å². The van der Waals surface area contributed by atoms with Gasteiger partial charge >= 0.3 is 6.09 Å². The van der Waals surface area contributed by atoms with Crippen molar-refractivity contribution in [3.05, 3.63) is 48.3 Å². The minimum Gasteiger partial charge on any atom is -0.504 e. The molecule has 0 aliphatic carbocycles. The summed E-state index contributed by atoms with van der Waals surface area (Å²) in [4.78, 5) is 11.5. The van der Waals surface area contributed by atoms with Crippen LogP contribution in [0.5, 0.6) is 11.5 Å². The average molecular weight is 347 g/mol. The van der Waals surface area contributed by atoms with Crippen LogP contribution in [0.2, 0.25) is 0 Å². The summed E-state index contributed by atoms with van der Waals surface area (Å²) in [6, 6.07) is 10.9. The first-order chi connectivity index (χ1) is 11.7. The lowest BCUT2D eigenvalue weighted by atomic mass is 10.1. The first kappa shape index (κ1) is 18.6. The lowest BCUT2D eigenvalue weighted by Crippen LogP contribution is -2.34. The number of amides is 1. The van der Waals surface area contributed by atoms with Gasteiger partial charge in [0.25, 0.3) is 0 Å². The summed E-state index contributed by atoms with van der Waals surface area (Å²) in [5.41, 5.74) is 0.778. The number of rotatable bonds is 5. The van der Waals surface area contributed by atoms with E-state index in [4.69, 9.17) is 9.47 Å². The number of ether oxygens (including phenoxy) is 2. The van der Waals surface area contributed by atoms with Gasteiger partial charge in [-0.25, -0.2) is 9.18 Å². The van der Waals surface area contributed by atoms with Gasteiger partial charge in [0.2, 0.25) is 0 Å². The normalized spacial score (nSPS) is 11.0. The van der Waals surface area contributed by atoms with E-state index in [1.54, 1.807) is 45.0 Å². The summed E-state index contributed by atoms with van der Waals surface area (Å²) in [7, 11) is 0. The Labute approximate surface area is 146 Å². The molecule has 25 heavy (non-hydrogen) atoms. The molecule has 0 atom stereocenters. The van der Waals surface area contributed by atoms with Gasteiger partial charge in [0.15, 0.2) is 11.5 Å². The molecule has 134 valence electrons. The highest BCUT2D eigenvalue weighted by Gasteiger charge is 2.15. The van der Waals surface area contributed by atoms with Gasteiger partial charge in [0, 0.05) is 0 Å². The molecule has 0 aliphatic rings. The summed E-state index contributed by atoms with van der Waals surface area (Å²) < 4.78 is 23.8. The number of phenolic OH excluding ortho intramolecular Hbond substituents is 1. The minimum absolute atomic E-state index is 0.0565. The third-order valence-corrected chi connectivity index (χ3v) is 3.14. The highest BCUT2D eigenvalue weighted by Crippen LogP contribution is 2.31. The molecule has 0 spiro atoms. The Bertz CT molecular complexity index is 740. The molecule has 0 radical (unpaired) electrons. The second-order valence-electron chi connectivity index (χ2n) is 6.47. The monoisotopic (exact) mass is 347 g/mol. The zero-order valence-corrected chi connectivity index (χ0v) is 14.5. The van der Waals surface area contributed by atoms with Crippen molar-refractivity contribution in [1.82, 2.24) is 5.32 Å². The minimum atomic E-state index is -0.560. The average Bonchev–Trinajstić information content (AvgIpc) is 2.51. The fourth-order valence-electron chi connectivity index (χ4n) is 2.12. The van der Waals surface area contributed by atoms with Crippen molar-refractivity contribution in [2.75, 3.05) is 13.2 Å². The fraction of sp³-hybridized carbons (Fsp3) is 0.316. The molecule has 0 heterocycles. The number of aromatic hydroxyl groups is 1. The molecule has 2 rings (SSSR count). The Morgan fingerprint density at radius 2 is 1.88 bits per heavy atom. The highest BCUT2D eigenvalue weighted by atomic mass is 19.1. The van der Waals surface area contributed by atoms with Crippen LogP contribution in [-0.2, 0) is 4.74 Å². The van der Waals surface area contributed by atoms with E-state index in [1.165, 1.54) is 18.2 Å². The summed E-state index contributed by atoms with van der Waals surface area (Å²) in [6.45, 7) is 5.75. The van der Waals surface area contributed by atoms with Crippen molar-refractivity contribution in [3.8, 4) is 22.6 Å². The van der Waals surface area contributed by atoms with Crippen LogP contribution in [-0.4, -0.2) is 30.0 Å². The molecule has 2 aromatic rings. The van der Waals surface area contributed by atoms with Crippen LogP contribution in [0.1, 0.15) is 20.8 Å². The highest BCUT2D eigenvalue weighted by molar-refractivity contribution is 5.68. The summed E-state index contributed by atoms with van der Waals surface area (Å²) >= 11 is 0. The number of hydrogen-bond donors (Lipinski definition) is 2. The second kappa shape index (κ2) is 7.88. The molecule has 2 aromatic carbocycles. The molecule has 0 aliphatic heterocycles. The molecule has 0 fully saturated rings. The van der Waals surface area contributed by atoms with Gasteiger partial charge in [-0.3, -0.25) is 0 Å². The maximum Gasteiger partial charge on any atom is 0.407 e. The lowest BCUT2D eigenvalue weighted by Gasteiger charge is -2.19. The van der Waals surface area contributed by atoms with Gasteiger partial charge in [0.1, 0.15) is 18.0 Å². The molecule has 0 aromatic heterocycles. The van der Waals surface area contributed by atoms with Gasteiger partial charge in [-0.05, 0) is 56.2 Å². The molecular weight excluding hydrogens is 325 g/mol. The van der Waals surface area contributed by atoms with Crippen LogP contribution in [0.15, 0.2) is 42.5 Å². The van der Waals surface area contributed by atoms with E-state index in [1.807, 2.05) is 0 Å². The Hall–Kier alpha value is -2.76. The lowest BCUT2D eigenvalue weighted by molar-refractivity contribution is 0.0520. The van der Waals surface area contributed by atoms with Crippen LogP contribution >= 0.6 is 0 Å². The molecule has 1 amide bonds. The summed E-state index contributed by atoms with van der Waals surface area (Å²) in [5, 5.41) is 12.6. The number of phenols is 1. The summed E-state index contributed by atoms with van der Waals surface area (Å²) in [6.07, 6.45) is -0.526. The van der Waals surface area contributed by atoms with Crippen LogP contribution < -0.4 is 10.1 Å². The Morgan fingerprint density at radius 1 is 1.16 bits per heavy atom. The van der Waals surface area contributed by atoms with E-state index < -0.39 is 11.7 Å². The number of carbonyl (C=O) groups is 1. The fourth-order valence-corrected chi connectivity index (χ4v) is 2.12. The molecule has 6 heteroatoms. The van der Waals surface area contributed by atoms with E-state index in [9.17, 15) is 14.3 Å². The molecule has 0 unspecified atom stereocenters. The van der Waals surface area contributed by atoms with Crippen molar-refractivity contribution < 1.29 is 23.8 Å². The second-order valence-corrected chi connectivity index (χ2v) is 6.47. The van der Waals surface area contributed by atoms with Gasteiger partial charge in [-0.15, -0.1) is 0 Å². The zero-order chi connectivity index (χ0) is 18.4. The van der Waals surface area contributed by atoms with Gasteiger partial charge in [0.05, 0.1) is 6.54 Å². The van der Waals surface area contributed by atoms with E-state index in [-0.39, 0.29) is 30.5 Å². The predicted octanol–water partition coefficient (Wildman–Crippen LogP) is 4.10. The Morgan fingerprint density at radius 3 is 2.52 bits per heavy atom. The van der Waals surface area contributed by atoms with Gasteiger partial charge in [-0.2, -0.15) is 0 Å². The number of halogens is 1. The number of benzene rings is 2. The third kappa shape index (κ3) is 5.99. The first-order valence-electron chi connectivity index (χ1n) is 7.93. The van der Waals surface area contributed by atoms with Crippen LogP contribution in [0.25, 0.3) is 11.1 Å². The number of hydrogen-bond acceptors (Lipinski definition) is 4. The van der Waals surface area contributed by atoms with Crippen molar-refractivity contribution >= 4 is 6.09 Å². The van der Waals surface area contributed by atoms with Crippen LogP contribution in [0.4, 0.5) is 9.18 Å². The van der Waals surface area contributed by atoms with Crippen molar-refractivity contribution in [1.29, 1.82) is 0 Å². The Balaban J connectivity index is 1.88. The van der Waals surface area contributed by atoms with Gasteiger partial charge < -0.3 is 19.9 Å². The van der Waals surface area contributed by atoms with E-state index in [0.717, 1.165) is 0 Å². The van der Waals surface area contributed by atoms with Crippen LogP contribution in [0, 0.1) is 5.82 Å². The van der Waals surface area contributed by atoms with E-state index in [0.29, 0.717) is 11.1 Å². The number of nitrogens with one attached hydrogen (secondary N) is 1. The smallest absolute Gasteiger partial charge is 0.407 e. The zero-order valence-electron chi connectivity index (χ0n) is 14.5. The molecule has 0 bridgehead atoms. The molecule has 0 saturated carbocycles. The number of alkyl carbamates (subject to hydrolysis) is 1. The van der Waals surface area contributed by atoms with Gasteiger partial charge in [-0.1, -0.05) is 18.2 Å². The summed E-state index contributed by atoms with van der Waals surface area (Å²) in [5.74, 6) is -0.115. The van der Waals surface area contributed by atoms with Crippen molar-refractivity contribution in [2.24, 2.45) is 0 Å². The van der Waals surface area contributed by atoms with Crippen molar-refractivity contribution in [3.63, 3.8) is 0 Å². The molecule has 2 N–H and O–H groups in total. The van der Waals surface area contributed by atoms with Crippen molar-refractivity contribution in [2.45, 2.75) is 26.4 Å². The topological polar surface area (TPSA) is 67.8 Å². The van der Waals surface area contributed by atoms with E-state index in [2.05, 4.69) is 5.32 Å². The SMILES string of the molecule is CC(C)(C)OC(=O)NCCOc1ccc(-c2cccc(F)c2)cc1O. The molecule has 5 nitrogen and oxygen atoms in total. The number of carbonyl (C=O) groups excluding carboxylic acids is 1. The largest absolute Gasteiger partial charge is 0.504 e. The molecular formula is C19H22FNO4. The maximum atomic E-state index is 13.3. The molecule has 0 saturated heterocycles. The quantitative estimate of drug-likeness (QED) is 0.799. The Kier molecular flexibility index (Phi) is 5.85. The third-order valence-electron chi connectivity index (χ3n) is 3.14. The maximum absolute atomic E-state index is 13.3. The van der Waals surface area contributed by atoms with E-state index >= 15 is 0 Å². The first-order valence-corrected chi connectivity index (χ1v) is 7.93.